The molecule has 0 radical (unpaired) electrons. The van der Waals surface area contributed by atoms with Crippen LogP contribution in [0.4, 0.5) is 14.6 Å². The number of aromatic nitrogens is 3. The average Bonchev–Trinajstić information content (AvgIpc) is 3.74. The fourth-order valence-corrected chi connectivity index (χ4v) is 8.49. The van der Waals surface area contributed by atoms with E-state index in [0.29, 0.717) is 66.1 Å². The van der Waals surface area contributed by atoms with Gasteiger partial charge in [-0.05, 0) is 43.6 Å². The van der Waals surface area contributed by atoms with Crippen molar-refractivity contribution in [2.24, 2.45) is 0 Å². The second-order valence-electron chi connectivity index (χ2n) is 13.9. The Balaban J connectivity index is 1.18. The molecule has 11 heteroatoms. The number of nitrogens with zero attached hydrogens (tertiary/aromatic N) is 5. The second kappa shape index (κ2) is 12.9. The molecular formula is C38H40F2N6O3. The number of hydrogen-bond donors (Lipinski definition) is 1. The summed E-state index contributed by atoms with van der Waals surface area (Å²) in [6.07, 6.45) is 12.2. The number of rotatable bonds is 10. The first-order valence-corrected chi connectivity index (χ1v) is 17.1. The van der Waals surface area contributed by atoms with Gasteiger partial charge in [0, 0.05) is 62.0 Å². The van der Waals surface area contributed by atoms with E-state index in [0.717, 1.165) is 57.3 Å². The monoisotopic (exact) mass is 666 g/mol. The normalized spacial score (nSPS) is 25.0. The summed E-state index contributed by atoms with van der Waals surface area (Å²) in [5.41, 5.74) is 1.50. The van der Waals surface area contributed by atoms with Gasteiger partial charge < -0.3 is 24.4 Å². The molecule has 4 aliphatic rings. The van der Waals surface area contributed by atoms with Crippen molar-refractivity contribution in [1.29, 1.82) is 0 Å². The minimum absolute atomic E-state index is 0.0418. The summed E-state index contributed by atoms with van der Waals surface area (Å²) in [4.78, 5) is 18.9. The van der Waals surface area contributed by atoms with Crippen LogP contribution < -0.4 is 15.0 Å². The van der Waals surface area contributed by atoms with E-state index in [-0.39, 0.29) is 34.4 Å². The maximum absolute atomic E-state index is 16.9. The number of fused-ring (bicyclic) bond motifs is 5. The summed E-state index contributed by atoms with van der Waals surface area (Å²) in [6, 6.07) is 9.31. The van der Waals surface area contributed by atoms with Crippen molar-refractivity contribution in [2.45, 2.75) is 55.8 Å². The van der Waals surface area contributed by atoms with Crippen molar-refractivity contribution in [1.82, 2.24) is 25.2 Å². The van der Waals surface area contributed by atoms with Crippen LogP contribution in [-0.2, 0) is 9.47 Å². The van der Waals surface area contributed by atoms with Gasteiger partial charge in [-0.15, -0.1) is 6.42 Å². The molecule has 0 spiro atoms. The Hall–Kier alpha value is -4.21. The standard InChI is InChI=1S/C38H40F2N6O3/c1-4-28-31(39)11-8-24-6-5-7-29(32(24)28)34-33(40)35-30(17-41-34)36(45-19-25-9-10-26(20-45)42-25)44-37(43-35)49-22-38-13-12-27(21-48-15-14-47-3)46(38)18-23(2)16-38/h1,5-8,11,17,25-27,42H,2,9-10,12-16,18-22H2,3H3/t25-,26+,27-,38-/m0/s1. The number of anilines is 1. The van der Waals surface area contributed by atoms with Crippen molar-refractivity contribution in [3.05, 3.63) is 65.9 Å². The predicted molar refractivity (Wildman–Crippen MR) is 185 cm³/mol. The van der Waals surface area contributed by atoms with Crippen LogP contribution in [0.15, 0.2) is 48.7 Å². The predicted octanol–water partition coefficient (Wildman–Crippen LogP) is 5.25. The third kappa shape index (κ3) is 5.70. The van der Waals surface area contributed by atoms with Crippen LogP contribution >= 0.6 is 0 Å². The molecule has 2 aromatic heterocycles. The molecule has 4 saturated heterocycles. The molecule has 0 saturated carbocycles. The van der Waals surface area contributed by atoms with E-state index in [1.165, 1.54) is 6.07 Å². The molecule has 254 valence electrons. The first-order chi connectivity index (χ1) is 23.9. The van der Waals surface area contributed by atoms with Gasteiger partial charge >= 0.3 is 6.01 Å². The highest BCUT2D eigenvalue weighted by molar-refractivity contribution is 6.02. The van der Waals surface area contributed by atoms with Crippen LogP contribution in [-0.4, -0.2) is 96.7 Å². The molecule has 8 rings (SSSR count). The number of methoxy groups -OCH3 is 1. The zero-order valence-electron chi connectivity index (χ0n) is 27.7. The molecule has 4 aliphatic heterocycles. The van der Waals surface area contributed by atoms with Gasteiger partial charge in [-0.2, -0.15) is 9.97 Å². The molecule has 0 unspecified atom stereocenters. The molecule has 2 aromatic carbocycles. The second-order valence-corrected chi connectivity index (χ2v) is 13.9. The minimum Gasteiger partial charge on any atom is -0.461 e. The molecule has 4 atom stereocenters. The van der Waals surface area contributed by atoms with Crippen LogP contribution in [0.5, 0.6) is 6.01 Å². The maximum Gasteiger partial charge on any atom is 0.319 e. The smallest absolute Gasteiger partial charge is 0.319 e. The lowest BCUT2D eigenvalue weighted by Crippen LogP contribution is -2.51. The molecule has 0 amide bonds. The van der Waals surface area contributed by atoms with Crippen LogP contribution in [0.3, 0.4) is 0 Å². The van der Waals surface area contributed by atoms with E-state index in [1.807, 2.05) is 6.07 Å². The molecule has 0 aliphatic carbocycles. The van der Waals surface area contributed by atoms with Crippen molar-refractivity contribution in [3.63, 3.8) is 0 Å². The third-order valence-electron chi connectivity index (χ3n) is 10.7. The Labute approximate surface area is 284 Å². The van der Waals surface area contributed by atoms with Gasteiger partial charge in [0.1, 0.15) is 29.5 Å². The summed E-state index contributed by atoms with van der Waals surface area (Å²) in [7, 11) is 1.67. The Bertz CT molecular complexity index is 1970. The Kier molecular flexibility index (Phi) is 8.44. The number of piperazine rings is 1. The van der Waals surface area contributed by atoms with Crippen molar-refractivity contribution >= 4 is 27.5 Å². The number of ether oxygens (including phenoxy) is 3. The van der Waals surface area contributed by atoms with E-state index < -0.39 is 11.6 Å². The fraction of sp³-hybridized carbons (Fsp3) is 0.447. The molecular weight excluding hydrogens is 626 g/mol. The van der Waals surface area contributed by atoms with E-state index in [4.69, 9.17) is 30.6 Å². The zero-order valence-corrected chi connectivity index (χ0v) is 27.7. The number of pyridine rings is 1. The topological polar surface area (TPSA) is 84.9 Å². The minimum atomic E-state index is -0.632. The van der Waals surface area contributed by atoms with Gasteiger partial charge in [-0.3, -0.25) is 9.88 Å². The molecule has 6 heterocycles. The zero-order chi connectivity index (χ0) is 33.7. The Morgan fingerprint density at radius 2 is 1.94 bits per heavy atom. The van der Waals surface area contributed by atoms with Crippen molar-refractivity contribution in [3.8, 4) is 29.6 Å². The molecule has 49 heavy (non-hydrogen) atoms. The summed E-state index contributed by atoms with van der Waals surface area (Å²) in [5.74, 6) is 1.88. The largest absolute Gasteiger partial charge is 0.461 e. The highest BCUT2D eigenvalue weighted by atomic mass is 19.1. The van der Waals surface area contributed by atoms with E-state index in [9.17, 15) is 4.39 Å². The summed E-state index contributed by atoms with van der Waals surface area (Å²) >= 11 is 0. The van der Waals surface area contributed by atoms with Gasteiger partial charge in [0.25, 0.3) is 0 Å². The summed E-state index contributed by atoms with van der Waals surface area (Å²) in [6.45, 7) is 8.63. The number of benzene rings is 2. The van der Waals surface area contributed by atoms with Gasteiger partial charge in [0.15, 0.2) is 5.82 Å². The van der Waals surface area contributed by atoms with E-state index >= 15 is 4.39 Å². The number of nitrogens with one attached hydrogen (secondary N) is 1. The van der Waals surface area contributed by atoms with Crippen LogP contribution in [0.25, 0.3) is 32.9 Å². The maximum atomic E-state index is 16.9. The van der Waals surface area contributed by atoms with Gasteiger partial charge in [0.2, 0.25) is 0 Å². The summed E-state index contributed by atoms with van der Waals surface area (Å²) in [5, 5.41) is 5.29. The Morgan fingerprint density at radius 3 is 2.73 bits per heavy atom. The SMILES string of the molecule is C#Cc1c(F)ccc2cccc(-c3ncc4c(N5C[C@H]6CC[C@@H](C5)N6)nc(OC[C@@]56CC[C@@H](COCCOC)N5CC(=C)C6)nc4c3F)c12. The number of terminal acetylenes is 1. The molecule has 4 fully saturated rings. The summed E-state index contributed by atoms with van der Waals surface area (Å²) < 4.78 is 49.3. The van der Waals surface area contributed by atoms with Crippen molar-refractivity contribution < 1.29 is 23.0 Å². The lowest BCUT2D eigenvalue weighted by molar-refractivity contribution is 0.0189. The van der Waals surface area contributed by atoms with E-state index in [1.54, 1.807) is 31.5 Å². The highest BCUT2D eigenvalue weighted by Crippen LogP contribution is 2.45. The van der Waals surface area contributed by atoms with Crippen molar-refractivity contribution in [2.75, 3.05) is 58.1 Å². The lowest BCUT2D eigenvalue weighted by Gasteiger charge is -2.35. The average molecular weight is 667 g/mol. The molecule has 9 nitrogen and oxygen atoms in total. The van der Waals surface area contributed by atoms with Crippen LogP contribution in [0.1, 0.15) is 37.7 Å². The van der Waals surface area contributed by atoms with Gasteiger partial charge in [-0.1, -0.05) is 42.3 Å². The lowest BCUT2D eigenvalue weighted by atomic mass is 9.94. The molecule has 4 aromatic rings. The molecule has 1 N–H and O–H groups in total. The number of halogens is 2. The third-order valence-corrected chi connectivity index (χ3v) is 10.7. The molecule has 2 bridgehead atoms. The number of hydrogen-bond acceptors (Lipinski definition) is 9. The van der Waals surface area contributed by atoms with Gasteiger partial charge in [0.05, 0.1) is 36.3 Å². The fourth-order valence-electron chi connectivity index (χ4n) is 8.49. The first-order valence-electron chi connectivity index (χ1n) is 17.1. The van der Waals surface area contributed by atoms with Crippen LogP contribution in [0, 0.1) is 24.0 Å². The van der Waals surface area contributed by atoms with E-state index in [2.05, 4.69) is 32.6 Å². The first kappa shape index (κ1) is 32.0. The Morgan fingerprint density at radius 1 is 1.10 bits per heavy atom. The van der Waals surface area contributed by atoms with Gasteiger partial charge in [-0.25, -0.2) is 8.78 Å². The van der Waals surface area contributed by atoms with Crippen LogP contribution in [0.2, 0.25) is 0 Å². The highest BCUT2D eigenvalue weighted by Gasteiger charge is 2.51. The quantitative estimate of drug-likeness (QED) is 0.139.